The quantitative estimate of drug-likeness (QED) is 0.543. The van der Waals surface area contributed by atoms with Crippen LogP contribution < -0.4 is 0 Å². The molecule has 1 aromatic carbocycles. The van der Waals surface area contributed by atoms with Crippen molar-refractivity contribution in [3.63, 3.8) is 0 Å². The van der Waals surface area contributed by atoms with Crippen LogP contribution >= 0.6 is 11.3 Å². The van der Waals surface area contributed by atoms with Gasteiger partial charge in [0.05, 0.1) is 5.60 Å². The van der Waals surface area contributed by atoms with Crippen molar-refractivity contribution in [1.82, 2.24) is 4.90 Å². The van der Waals surface area contributed by atoms with Gasteiger partial charge in [-0.25, -0.2) is 0 Å². The first-order valence-electron chi connectivity index (χ1n) is 8.80. The van der Waals surface area contributed by atoms with Crippen molar-refractivity contribution in [3.05, 3.63) is 62.7 Å². The molecule has 7 heteroatoms. The van der Waals surface area contributed by atoms with E-state index in [9.17, 15) is 5.41 Å². The van der Waals surface area contributed by atoms with Gasteiger partial charge >= 0.3 is 0 Å². The molecule has 1 atom stereocenters. The molecule has 0 saturated carbocycles. The Kier molecular flexibility index (Phi) is 7.92. The Morgan fingerprint density at radius 1 is 1.30 bits per heavy atom. The summed E-state index contributed by atoms with van der Waals surface area (Å²) < 4.78 is 11.9. The third-order valence-corrected chi connectivity index (χ3v) is 6.42. The number of thiophene rings is 1. The summed E-state index contributed by atoms with van der Waals surface area (Å²) in [6.07, 6.45) is 3.67. The normalized spacial score (nSPS) is 21.0. The van der Waals surface area contributed by atoms with Gasteiger partial charge in [-0.3, -0.25) is 4.90 Å². The Morgan fingerprint density at radius 2 is 2.00 bits per heavy atom. The molecule has 0 amide bonds. The maximum Gasteiger partial charge on any atom is 0.163 e. The second-order valence-corrected chi connectivity index (χ2v) is 8.03. The van der Waals surface area contributed by atoms with Gasteiger partial charge in [0.1, 0.15) is 0 Å². The maximum absolute atomic E-state index is 9.41. The third-order valence-electron chi connectivity index (χ3n) is 5.33. The van der Waals surface area contributed by atoms with E-state index in [1.165, 1.54) is 22.2 Å². The van der Waals surface area contributed by atoms with Gasteiger partial charge in [0.25, 0.3) is 0 Å². The van der Waals surface area contributed by atoms with Crippen molar-refractivity contribution in [3.8, 4) is 0 Å². The molecule has 1 saturated heterocycles. The zero-order valence-corrected chi connectivity index (χ0v) is 19.1. The molecule has 2 aliphatic rings. The first-order valence-corrected chi connectivity index (χ1v) is 9.61. The minimum Gasteiger partial charge on any atom is -0.809 e. The van der Waals surface area contributed by atoms with Crippen LogP contribution in [0.15, 0.2) is 36.4 Å². The van der Waals surface area contributed by atoms with E-state index in [0.29, 0.717) is 0 Å². The molecular weight excluding hydrogens is 532 g/mol. The molecule has 2 N–H and O–H groups in total. The molecule has 1 aromatic heterocycles. The van der Waals surface area contributed by atoms with E-state index in [1.54, 1.807) is 18.4 Å². The molecule has 1 unspecified atom stereocenters. The number of rotatable bonds is 4. The number of likely N-dealkylation sites (tertiary alicyclic amines) is 1. The summed E-state index contributed by atoms with van der Waals surface area (Å²) in [7, 11) is 1.71. The fraction of sp³-hybridized carbons (Fsp3) is 0.450. The number of hydrogen-bond acceptors (Lipinski definition) is 4. The molecule has 146 valence electrons. The summed E-state index contributed by atoms with van der Waals surface area (Å²) in [6.45, 7) is 2.98. The van der Waals surface area contributed by atoms with Crippen LogP contribution in [0.1, 0.15) is 33.7 Å². The number of nitrogens with zero attached hydrogens (tertiary/aromatic N) is 2. The molecule has 0 bridgehead atoms. The van der Waals surface area contributed by atoms with E-state index in [-0.39, 0.29) is 38.4 Å². The molecule has 1 fully saturated rings. The van der Waals surface area contributed by atoms with Crippen molar-refractivity contribution in [2.75, 3.05) is 20.2 Å². The number of hydrogen-bond donors (Lipinski definition) is 0. The standard InChI is InChI=1S/C20H23N2O2S.H2O.W/c1-23-19-12-18-17(11-16(13-21)25-18)20(24-19)7-9-22(10-8-20)14-15-5-3-2-4-6-15;;/h2-6,11,13,19H,7-10,12,14H2,1H3;1H2;/q-1;;. The van der Waals surface area contributed by atoms with E-state index in [0.717, 1.165) is 43.8 Å². The van der Waals surface area contributed by atoms with Crippen LogP contribution in [0, 0.1) is 0 Å². The Hall–Kier alpha value is -0.882. The number of methoxy groups -OCH3 is 1. The Bertz CT molecular complexity index is 745. The van der Waals surface area contributed by atoms with Crippen LogP contribution in [0.5, 0.6) is 0 Å². The maximum atomic E-state index is 9.41. The van der Waals surface area contributed by atoms with E-state index < -0.39 is 0 Å². The average molecular weight is 557 g/mol. The SMILES string of the molecule is COC1Cc2sc(C=[N-])cc2C2(CCN(Cc3ccccc3)CC2)O1.O.[W]. The first-order chi connectivity index (χ1) is 12.2. The zero-order valence-electron chi connectivity index (χ0n) is 15.4. The van der Waals surface area contributed by atoms with Crippen molar-refractivity contribution in [2.45, 2.75) is 37.7 Å². The van der Waals surface area contributed by atoms with Gasteiger partial charge in [-0.1, -0.05) is 30.3 Å². The van der Waals surface area contributed by atoms with Gasteiger partial charge < -0.3 is 20.4 Å². The van der Waals surface area contributed by atoms with Gasteiger partial charge in [-0.05, 0) is 30.0 Å². The van der Waals surface area contributed by atoms with Crippen molar-refractivity contribution in [1.29, 1.82) is 0 Å². The smallest absolute Gasteiger partial charge is 0.163 e. The van der Waals surface area contributed by atoms with Gasteiger partial charge in [0.2, 0.25) is 0 Å². The predicted octanol–water partition coefficient (Wildman–Crippen LogP) is 2.95. The fourth-order valence-electron chi connectivity index (χ4n) is 3.99. The monoisotopic (exact) mass is 557 g/mol. The Labute approximate surface area is 178 Å². The van der Waals surface area contributed by atoms with Crippen molar-refractivity contribution >= 4 is 17.6 Å². The molecule has 2 aliphatic heterocycles. The van der Waals surface area contributed by atoms with Crippen molar-refractivity contribution < 1.29 is 36.0 Å². The minimum absolute atomic E-state index is 0. The van der Waals surface area contributed by atoms with Crippen LogP contribution in [0.2, 0.25) is 0 Å². The van der Waals surface area contributed by atoms with Gasteiger partial charge in [0, 0.05) is 64.0 Å². The van der Waals surface area contributed by atoms with Crippen LogP contribution in [0.4, 0.5) is 0 Å². The number of ether oxygens (including phenoxy) is 2. The second-order valence-electron chi connectivity index (χ2n) is 6.86. The summed E-state index contributed by atoms with van der Waals surface area (Å²) >= 11 is 1.65. The van der Waals surface area contributed by atoms with Crippen LogP contribution in [-0.2, 0) is 49.1 Å². The molecule has 0 radical (unpaired) electrons. The molecule has 27 heavy (non-hydrogen) atoms. The molecule has 3 heterocycles. The van der Waals surface area contributed by atoms with Crippen molar-refractivity contribution in [2.24, 2.45) is 0 Å². The Balaban J connectivity index is 0.00000131. The topological polar surface area (TPSA) is 75.5 Å². The van der Waals surface area contributed by atoms with E-state index in [1.807, 2.05) is 0 Å². The fourth-order valence-corrected chi connectivity index (χ4v) is 5.08. The number of fused-ring (bicyclic) bond motifs is 2. The molecule has 0 aliphatic carbocycles. The first kappa shape index (κ1) is 22.4. The predicted molar refractivity (Wildman–Crippen MR) is 105 cm³/mol. The molecule has 5 nitrogen and oxygen atoms in total. The van der Waals surface area contributed by atoms with Crippen LogP contribution in [0.3, 0.4) is 0 Å². The Morgan fingerprint density at radius 3 is 2.63 bits per heavy atom. The molecule has 2 aromatic rings. The summed E-state index contributed by atoms with van der Waals surface area (Å²) in [5.41, 5.74) is 2.33. The van der Waals surface area contributed by atoms with Gasteiger partial charge in [0.15, 0.2) is 6.29 Å². The van der Waals surface area contributed by atoms with E-state index in [4.69, 9.17) is 9.47 Å². The van der Waals surface area contributed by atoms with E-state index in [2.05, 4.69) is 41.3 Å². The molecule has 4 rings (SSSR count). The zero-order chi connectivity index (χ0) is 17.3. The van der Waals surface area contributed by atoms with Crippen LogP contribution in [0.25, 0.3) is 5.41 Å². The summed E-state index contributed by atoms with van der Waals surface area (Å²) in [5, 5.41) is 9.41. The van der Waals surface area contributed by atoms with Crippen LogP contribution in [-0.4, -0.2) is 43.1 Å². The number of piperidine rings is 1. The largest absolute Gasteiger partial charge is 0.809 e. The average Bonchev–Trinajstić information content (AvgIpc) is 3.09. The summed E-state index contributed by atoms with van der Waals surface area (Å²) in [5.74, 6) is 0. The molecular formula is C20H25N2O3SW-. The summed E-state index contributed by atoms with van der Waals surface area (Å²) in [6, 6.07) is 12.7. The molecule has 1 spiro atoms. The summed E-state index contributed by atoms with van der Waals surface area (Å²) in [4.78, 5) is 4.68. The third kappa shape index (κ3) is 4.58. The minimum atomic E-state index is -0.279. The number of benzene rings is 1. The van der Waals surface area contributed by atoms with E-state index >= 15 is 0 Å². The van der Waals surface area contributed by atoms with Gasteiger partial charge in [-0.2, -0.15) is 6.21 Å². The van der Waals surface area contributed by atoms with Gasteiger partial charge in [-0.15, -0.1) is 11.3 Å². The second kappa shape index (κ2) is 9.55.